The van der Waals surface area contributed by atoms with Gasteiger partial charge in [0.25, 0.3) is 5.91 Å². The van der Waals surface area contributed by atoms with Crippen LogP contribution in [0.4, 0.5) is 5.95 Å². The zero-order chi connectivity index (χ0) is 12.1. The molecule has 17 heavy (non-hydrogen) atoms. The Kier molecular flexibility index (Phi) is 3.20. The average Bonchev–Trinajstić information content (AvgIpc) is 2.40. The lowest BCUT2D eigenvalue weighted by atomic mass is 10.1. The van der Waals surface area contributed by atoms with Crippen LogP contribution in [0.25, 0.3) is 6.08 Å². The molecule has 1 aromatic heterocycles. The smallest absolute Gasteiger partial charge is 0.258 e. The second-order valence-corrected chi connectivity index (χ2v) is 3.24. The van der Waals surface area contributed by atoms with Crippen molar-refractivity contribution in [1.29, 1.82) is 0 Å². The molecule has 1 N–H and O–H groups in total. The SMILES string of the molecule is C=Cc1ccc(C(=O)Nc2ncncn2)cc1. The first-order chi connectivity index (χ1) is 8.29. The van der Waals surface area contributed by atoms with E-state index in [1.54, 1.807) is 18.2 Å². The molecule has 2 aromatic rings. The zero-order valence-corrected chi connectivity index (χ0v) is 9.00. The monoisotopic (exact) mass is 226 g/mol. The molecule has 5 nitrogen and oxygen atoms in total. The van der Waals surface area contributed by atoms with Crippen molar-refractivity contribution in [3.63, 3.8) is 0 Å². The molecule has 2 rings (SSSR count). The van der Waals surface area contributed by atoms with Gasteiger partial charge in [-0.25, -0.2) is 15.0 Å². The fraction of sp³-hybridized carbons (Fsp3) is 0. The minimum atomic E-state index is -0.258. The molecular formula is C12H10N4O. The highest BCUT2D eigenvalue weighted by molar-refractivity contribution is 6.03. The van der Waals surface area contributed by atoms with E-state index in [9.17, 15) is 4.79 Å². The van der Waals surface area contributed by atoms with E-state index in [1.807, 2.05) is 12.1 Å². The molecule has 5 heteroatoms. The van der Waals surface area contributed by atoms with Gasteiger partial charge in [0.05, 0.1) is 0 Å². The van der Waals surface area contributed by atoms with E-state index in [4.69, 9.17) is 0 Å². The lowest BCUT2D eigenvalue weighted by molar-refractivity contribution is 0.102. The third kappa shape index (κ3) is 2.72. The molecule has 0 unspecified atom stereocenters. The van der Waals surface area contributed by atoms with Gasteiger partial charge in [-0.15, -0.1) is 0 Å². The van der Waals surface area contributed by atoms with Crippen molar-refractivity contribution in [3.05, 3.63) is 54.6 Å². The van der Waals surface area contributed by atoms with Gasteiger partial charge in [-0.05, 0) is 17.7 Å². The Hall–Kier alpha value is -2.56. The van der Waals surface area contributed by atoms with E-state index in [0.29, 0.717) is 5.56 Å². The molecular weight excluding hydrogens is 216 g/mol. The maximum atomic E-state index is 11.8. The van der Waals surface area contributed by atoms with Crippen molar-refractivity contribution < 1.29 is 4.79 Å². The summed E-state index contributed by atoms with van der Waals surface area (Å²) in [6.07, 6.45) is 4.36. The summed E-state index contributed by atoms with van der Waals surface area (Å²) in [5.74, 6) is -0.0235. The number of nitrogens with one attached hydrogen (secondary N) is 1. The summed E-state index contributed by atoms with van der Waals surface area (Å²) in [6, 6.07) is 7.06. The zero-order valence-electron chi connectivity index (χ0n) is 9.00. The summed E-state index contributed by atoms with van der Waals surface area (Å²) in [7, 11) is 0. The molecule has 1 aromatic carbocycles. The third-order valence-corrected chi connectivity index (χ3v) is 2.13. The average molecular weight is 226 g/mol. The van der Waals surface area contributed by atoms with Gasteiger partial charge in [0, 0.05) is 5.56 Å². The first-order valence-corrected chi connectivity index (χ1v) is 4.95. The minimum absolute atomic E-state index is 0.234. The van der Waals surface area contributed by atoms with Crippen molar-refractivity contribution in [1.82, 2.24) is 15.0 Å². The largest absolute Gasteiger partial charge is 0.290 e. The summed E-state index contributed by atoms with van der Waals surface area (Å²) in [4.78, 5) is 23.1. The Morgan fingerprint density at radius 1 is 1.18 bits per heavy atom. The highest BCUT2D eigenvalue weighted by Crippen LogP contribution is 2.07. The van der Waals surface area contributed by atoms with E-state index < -0.39 is 0 Å². The van der Waals surface area contributed by atoms with E-state index in [0.717, 1.165) is 5.56 Å². The van der Waals surface area contributed by atoms with Gasteiger partial charge in [-0.1, -0.05) is 24.8 Å². The molecule has 0 aliphatic carbocycles. The fourth-order valence-electron chi connectivity index (χ4n) is 1.25. The number of carbonyl (C=O) groups excluding carboxylic acids is 1. The molecule has 0 radical (unpaired) electrons. The van der Waals surface area contributed by atoms with Gasteiger partial charge in [0.2, 0.25) is 5.95 Å². The maximum absolute atomic E-state index is 11.8. The molecule has 0 spiro atoms. The van der Waals surface area contributed by atoms with Crippen molar-refractivity contribution in [2.24, 2.45) is 0 Å². The first kappa shape index (κ1) is 10.9. The summed E-state index contributed by atoms with van der Waals surface area (Å²) in [5.41, 5.74) is 1.50. The van der Waals surface area contributed by atoms with Crippen LogP contribution in [0.3, 0.4) is 0 Å². The van der Waals surface area contributed by atoms with Crippen LogP contribution in [0, 0.1) is 0 Å². The molecule has 0 saturated heterocycles. The number of carbonyl (C=O) groups is 1. The van der Waals surface area contributed by atoms with Crippen LogP contribution in [0.1, 0.15) is 15.9 Å². The van der Waals surface area contributed by atoms with Crippen LogP contribution in [0.5, 0.6) is 0 Å². The molecule has 0 fully saturated rings. The third-order valence-electron chi connectivity index (χ3n) is 2.13. The topological polar surface area (TPSA) is 67.8 Å². The number of amides is 1. The second kappa shape index (κ2) is 4.98. The standard InChI is InChI=1S/C12H10N4O/c1-2-9-3-5-10(6-4-9)11(17)16-12-14-7-13-8-15-12/h2-8H,1H2,(H,13,14,15,16,17). The number of hydrogen-bond acceptors (Lipinski definition) is 4. The quantitative estimate of drug-likeness (QED) is 0.866. The number of aromatic nitrogens is 3. The molecule has 0 aliphatic heterocycles. The predicted octanol–water partition coefficient (Wildman–Crippen LogP) is 1.77. The summed E-state index contributed by atoms with van der Waals surface area (Å²) >= 11 is 0. The fourth-order valence-corrected chi connectivity index (χ4v) is 1.25. The summed E-state index contributed by atoms with van der Waals surface area (Å²) in [5, 5.41) is 2.57. The van der Waals surface area contributed by atoms with E-state index in [2.05, 4.69) is 26.8 Å². The Morgan fingerprint density at radius 2 is 1.82 bits per heavy atom. The predicted molar refractivity (Wildman–Crippen MR) is 64.3 cm³/mol. The van der Waals surface area contributed by atoms with Crippen LogP contribution in [-0.4, -0.2) is 20.9 Å². The van der Waals surface area contributed by atoms with E-state index >= 15 is 0 Å². The number of anilines is 1. The lowest BCUT2D eigenvalue weighted by Crippen LogP contribution is -2.14. The van der Waals surface area contributed by atoms with E-state index in [1.165, 1.54) is 12.7 Å². The molecule has 0 bridgehead atoms. The van der Waals surface area contributed by atoms with E-state index in [-0.39, 0.29) is 11.9 Å². The van der Waals surface area contributed by atoms with Crippen LogP contribution >= 0.6 is 0 Å². The van der Waals surface area contributed by atoms with Crippen LogP contribution in [-0.2, 0) is 0 Å². The van der Waals surface area contributed by atoms with Gasteiger partial charge in [-0.3, -0.25) is 10.1 Å². The van der Waals surface area contributed by atoms with Gasteiger partial charge < -0.3 is 0 Å². The molecule has 0 saturated carbocycles. The summed E-state index contributed by atoms with van der Waals surface area (Å²) < 4.78 is 0. The maximum Gasteiger partial charge on any atom is 0.258 e. The van der Waals surface area contributed by atoms with Crippen molar-refractivity contribution in [3.8, 4) is 0 Å². The highest BCUT2D eigenvalue weighted by atomic mass is 16.1. The number of nitrogens with zero attached hydrogens (tertiary/aromatic N) is 3. The van der Waals surface area contributed by atoms with Gasteiger partial charge in [-0.2, -0.15) is 0 Å². The Bertz CT molecular complexity index is 522. The summed E-state index contributed by atoms with van der Waals surface area (Å²) in [6.45, 7) is 3.65. The lowest BCUT2D eigenvalue weighted by Gasteiger charge is -2.02. The Balaban J connectivity index is 2.12. The van der Waals surface area contributed by atoms with Gasteiger partial charge in [0.15, 0.2) is 0 Å². The molecule has 0 aliphatic rings. The van der Waals surface area contributed by atoms with Gasteiger partial charge >= 0.3 is 0 Å². The molecule has 1 heterocycles. The molecule has 84 valence electrons. The van der Waals surface area contributed by atoms with Crippen molar-refractivity contribution >= 4 is 17.9 Å². The Morgan fingerprint density at radius 3 is 2.41 bits per heavy atom. The number of hydrogen-bond donors (Lipinski definition) is 1. The van der Waals surface area contributed by atoms with Crippen molar-refractivity contribution in [2.75, 3.05) is 5.32 Å². The van der Waals surface area contributed by atoms with Crippen LogP contribution < -0.4 is 5.32 Å². The number of rotatable bonds is 3. The van der Waals surface area contributed by atoms with Crippen LogP contribution in [0.2, 0.25) is 0 Å². The second-order valence-electron chi connectivity index (χ2n) is 3.24. The molecule has 0 atom stereocenters. The van der Waals surface area contributed by atoms with Gasteiger partial charge in [0.1, 0.15) is 12.7 Å². The molecule has 1 amide bonds. The van der Waals surface area contributed by atoms with Crippen molar-refractivity contribution in [2.45, 2.75) is 0 Å². The normalized spacial score (nSPS) is 9.65. The number of benzene rings is 1. The Labute approximate surface area is 98.3 Å². The van der Waals surface area contributed by atoms with Crippen LogP contribution in [0.15, 0.2) is 43.5 Å². The first-order valence-electron chi connectivity index (χ1n) is 4.95. The minimum Gasteiger partial charge on any atom is -0.290 e. The highest BCUT2D eigenvalue weighted by Gasteiger charge is 2.06.